The Labute approximate surface area is 119 Å². The predicted molar refractivity (Wildman–Crippen MR) is 79.3 cm³/mol. The summed E-state index contributed by atoms with van der Waals surface area (Å²) in [5.41, 5.74) is 6.65. The first-order valence-electron chi connectivity index (χ1n) is 7.41. The Morgan fingerprint density at radius 3 is 2.70 bits per heavy atom. The highest BCUT2D eigenvalue weighted by Crippen LogP contribution is 2.27. The van der Waals surface area contributed by atoms with Crippen molar-refractivity contribution in [2.24, 2.45) is 11.7 Å². The number of carbonyl (C=O) groups is 1. The number of rotatable bonds is 5. The molecule has 1 aromatic carbocycles. The normalized spacial score (nSPS) is 16.1. The Morgan fingerprint density at radius 2 is 2.05 bits per heavy atom. The van der Waals surface area contributed by atoms with Crippen molar-refractivity contribution in [3.05, 3.63) is 29.1 Å². The minimum atomic E-state index is -0.598. The highest BCUT2D eigenvalue weighted by molar-refractivity contribution is 5.94. The van der Waals surface area contributed by atoms with Gasteiger partial charge in [-0.2, -0.15) is 0 Å². The molecule has 1 aliphatic rings. The third-order valence-electron chi connectivity index (χ3n) is 4.22. The SMILES string of the molecule is Cc1c(F)cc(C(N)=O)cc1NCCC1CCCCC1. The van der Waals surface area contributed by atoms with E-state index in [4.69, 9.17) is 5.73 Å². The second-order valence-corrected chi connectivity index (χ2v) is 5.71. The van der Waals surface area contributed by atoms with E-state index in [0.717, 1.165) is 18.9 Å². The molecule has 3 nitrogen and oxygen atoms in total. The molecule has 1 aromatic rings. The van der Waals surface area contributed by atoms with Gasteiger partial charge in [0.1, 0.15) is 5.82 Å². The largest absolute Gasteiger partial charge is 0.385 e. The second kappa shape index (κ2) is 6.73. The van der Waals surface area contributed by atoms with Crippen LogP contribution in [0.1, 0.15) is 54.4 Å². The molecule has 0 aromatic heterocycles. The number of nitrogens with two attached hydrogens (primary N) is 1. The summed E-state index contributed by atoms with van der Waals surface area (Å²) in [6.45, 7) is 2.52. The molecular formula is C16H23FN2O. The zero-order valence-corrected chi connectivity index (χ0v) is 12.0. The van der Waals surface area contributed by atoms with E-state index in [0.29, 0.717) is 11.3 Å². The lowest BCUT2D eigenvalue weighted by Crippen LogP contribution is -2.15. The summed E-state index contributed by atoms with van der Waals surface area (Å²) in [5, 5.41) is 3.25. The van der Waals surface area contributed by atoms with Crippen molar-refractivity contribution in [1.82, 2.24) is 0 Å². The van der Waals surface area contributed by atoms with Gasteiger partial charge >= 0.3 is 0 Å². The minimum absolute atomic E-state index is 0.216. The summed E-state index contributed by atoms with van der Waals surface area (Å²) in [7, 11) is 0. The molecule has 0 heterocycles. The third kappa shape index (κ3) is 3.71. The number of nitrogens with one attached hydrogen (secondary N) is 1. The molecule has 0 radical (unpaired) electrons. The van der Waals surface area contributed by atoms with Gasteiger partial charge in [0.15, 0.2) is 0 Å². The first kappa shape index (κ1) is 14.8. The molecule has 1 fully saturated rings. The lowest BCUT2D eigenvalue weighted by molar-refractivity contribution is 0.1000. The second-order valence-electron chi connectivity index (χ2n) is 5.71. The van der Waals surface area contributed by atoms with Crippen LogP contribution in [0.3, 0.4) is 0 Å². The van der Waals surface area contributed by atoms with Gasteiger partial charge in [0, 0.05) is 23.4 Å². The smallest absolute Gasteiger partial charge is 0.248 e. The molecule has 0 aliphatic heterocycles. The predicted octanol–water partition coefficient (Wildman–Crippen LogP) is 3.62. The summed E-state index contributed by atoms with van der Waals surface area (Å²) >= 11 is 0. The number of carbonyl (C=O) groups excluding carboxylic acids is 1. The van der Waals surface area contributed by atoms with Crippen LogP contribution < -0.4 is 11.1 Å². The van der Waals surface area contributed by atoms with Crippen LogP contribution in [0.2, 0.25) is 0 Å². The Balaban J connectivity index is 1.96. The Bertz CT molecular complexity index is 482. The van der Waals surface area contributed by atoms with E-state index < -0.39 is 5.91 Å². The van der Waals surface area contributed by atoms with Gasteiger partial charge in [-0.3, -0.25) is 4.79 Å². The molecule has 4 heteroatoms. The van der Waals surface area contributed by atoms with Crippen molar-refractivity contribution < 1.29 is 9.18 Å². The molecular weight excluding hydrogens is 255 g/mol. The van der Waals surface area contributed by atoms with Gasteiger partial charge in [0.2, 0.25) is 5.91 Å². The molecule has 1 saturated carbocycles. The zero-order valence-electron chi connectivity index (χ0n) is 12.0. The fraction of sp³-hybridized carbons (Fsp3) is 0.562. The first-order chi connectivity index (χ1) is 9.58. The fourth-order valence-corrected chi connectivity index (χ4v) is 2.89. The molecule has 2 rings (SSSR count). The van der Waals surface area contributed by atoms with Crippen LogP contribution in [0, 0.1) is 18.7 Å². The lowest BCUT2D eigenvalue weighted by Gasteiger charge is -2.22. The maximum atomic E-state index is 13.7. The van der Waals surface area contributed by atoms with E-state index in [1.54, 1.807) is 13.0 Å². The highest BCUT2D eigenvalue weighted by Gasteiger charge is 2.14. The van der Waals surface area contributed by atoms with Crippen molar-refractivity contribution in [2.45, 2.75) is 45.4 Å². The molecule has 1 aliphatic carbocycles. The number of primary amides is 1. The number of anilines is 1. The van der Waals surface area contributed by atoms with Gasteiger partial charge in [0.05, 0.1) is 0 Å². The number of hydrogen-bond donors (Lipinski definition) is 2. The highest BCUT2D eigenvalue weighted by atomic mass is 19.1. The van der Waals surface area contributed by atoms with Gasteiger partial charge in [-0.05, 0) is 31.4 Å². The van der Waals surface area contributed by atoms with E-state index in [1.165, 1.54) is 38.2 Å². The van der Waals surface area contributed by atoms with Crippen molar-refractivity contribution in [3.63, 3.8) is 0 Å². The monoisotopic (exact) mass is 278 g/mol. The molecule has 0 atom stereocenters. The number of halogens is 1. The number of hydrogen-bond acceptors (Lipinski definition) is 2. The molecule has 0 bridgehead atoms. The van der Waals surface area contributed by atoms with Gasteiger partial charge in [-0.25, -0.2) is 4.39 Å². The third-order valence-corrected chi connectivity index (χ3v) is 4.22. The molecule has 20 heavy (non-hydrogen) atoms. The van der Waals surface area contributed by atoms with E-state index in [-0.39, 0.29) is 11.4 Å². The van der Waals surface area contributed by atoms with Crippen LogP contribution in [-0.4, -0.2) is 12.5 Å². The quantitative estimate of drug-likeness (QED) is 0.864. The van der Waals surface area contributed by atoms with Gasteiger partial charge in [-0.15, -0.1) is 0 Å². The van der Waals surface area contributed by atoms with E-state index >= 15 is 0 Å². The zero-order chi connectivity index (χ0) is 14.5. The summed E-state index contributed by atoms with van der Waals surface area (Å²) < 4.78 is 13.7. The van der Waals surface area contributed by atoms with Crippen LogP contribution in [0.5, 0.6) is 0 Å². The number of amides is 1. The van der Waals surface area contributed by atoms with Crippen LogP contribution in [0.4, 0.5) is 10.1 Å². The first-order valence-corrected chi connectivity index (χ1v) is 7.41. The van der Waals surface area contributed by atoms with Crippen LogP contribution in [0.15, 0.2) is 12.1 Å². The summed E-state index contributed by atoms with van der Waals surface area (Å²) in [4.78, 5) is 11.2. The topological polar surface area (TPSA) is 55.1 Å². The lowest BCUT2D eigenvalue weighted by atomic mass is 9.87. The van der Waals surface area contributed by atoms with Crippen LogP contribution >= 0.6 is 0 Å². The molecule has 0 unspecified atom stereocenters. The molecule has 3 N–H and O–H groups in total. The minimum Gasteiger partial charge on any atom is -0.385 e. The average Bonchev–Trinajstić information content (AvgIpc) is 2.44. The summed E-state index contributed by atoms with van der Waals surface area (Å²) in [5.74, 6) is -0.207. The summed E-state index contributed by atoms with van der Waals surface area (Å²) in [6, 6.07) is 2.84. The van der Waals surface area contributed by atoms with E-state index in [1.807, 2.05) is 0 Å². The number of benzene rings is 1. The van der Waals surface area contributed by atoms with E-state index in [9.17, 15) is 9.18 Å². The van der Waals surface area contributed by atoms with Gasteiger partial charge in [-0.1, -0.05) is 32.1 Å². The van der Waals surface area contributed by atoms with Crippen molar-refractivity contribution in [3.8, 4) is 0 Å². The van der Waals surface area contributed by atoms with Crippen molar-refractivity contribution in [1.29, 1.82) is 0 Å². The van der Waals surface area contributed by atoms with E-state index in [2.05, 4.69) is 5.32 Å². The fourth-order valence-electron chi connectivity index (χ4n) is 2.89. The van der Waals surface area contributed by atoms with Gasteiger partial charge < -0.3 is 11.1 Å². The molecule has 110 valence electrons. The maximum Gasteiger partial charge on any atom is 0.248 e. The maximum absolute atomic E-state index is 13.7. The molecule has 0 spiro atoms. The van der Waals surface area contributed by atoms with Crippen LogP contribution in [0.25, 0.3) is 0 Å². The molecule has 0 saturated heterocycles. The van der Waals surface area contributed by atoms with Crippen molar-refractivity contribution >= 4 is 11.6 Å². The Hall–Kier alpha value is -1.58. The summed E-state index contributed by atoms with van der Waals surface area (Å²) in [6.07, 6.45) is 7.72. The Kier molecular flexibility index (Phi) is 4.99. The Morgan fingerprint density at radius 1 is 1.35 bits per heavy atom. The average molecular weight is 278 g/mol. The van der Waals surface area contributed by atoms with Crippen molar-refractivity contribution in [2.75, 3.05) is 11.9 Å². The van der Waals surface area contributed by atoms with Gasteiger partial charge in [0.25, 0.3) is 0 Å². The molecule has 1 amide bonds. The van der Waals surface area contributed by atoms with Crippen LogP contribution in [-0.2, 0) is 0 Å². The standard InChI is InChI=1S/C16H23FN2O/c1-11-14(17)9-13(16(18)20)10-15(11)19-8-7-12-5-3-2-4-6-12/h9-10,12,19H,2-8H2,1H3,(H2,18,20).